The number of rotatable bonds is 8. The van der Waals surface area contributed by atoms with Gasteiger partial charge in [-0.1, -0.05) is 17.7 Å². The van der Waals surface area contributed by atoms with E-state index in [1.807, 2.05) is 12.1 Å². The Hall–Kier alpha value is -3.14. The normalized spacial score (nSPS) is 11.2. The number of esters is 1. The Morgan fingerprint density at radius 3 is 2.52 bits per heavy atom. The van der Waals surface area contributed by atoms with Crippen LogP contribution in [0.3, 0.4) is 0 Å². The fourth-order valence-electron chi connectivity index (χ4n) is 2.60. The maximum atomic E-state index is 12.1. The summed E-state index contributed by atoms with van der Waals surface area (Å²) in [7, 11) is -2.43. The van der Waals surface area contributed by atoms with E-state index in [9.17, 15) is 18.0 Å². The van der Waals surface area contributed by atoms with Gasteiger partial charge in [-0.05, 0) is 61.6 Å². The molecule has 0 bridgehead atoms. The molecule has 0 aliphatic heterocycles. The van der Waals surface area contributed by atoms with Gasteiger partial charge in [-0.2, -0.15) is 0 Å². The number of nitrogens with one attached hydrogen (secondary N) is 2. The molecule has 10 heteroatoms. The molecule has 0 saturated carbocycles. The van der Waals surface area contributed by atoms with Gasteiger partial charge in [0.2, 0.25) is 10.0 Å². The molecule has 0 spiro atoms. The largest absolute Gasteiger partial charge is 0.459 e. The average molecular weight is 463 g/mol. The quantitative estimate of drug-likeness (QED) is 0.497. The third kappa shape index (κ3) is 5.94. The molecule has 2 N–H and O–H groups in total. The SMILES string of the molecule is CNS(=O)(=O)c1cccc(C(=O)OCC(=O)NCc2ccc(-c3ccc(Cl)cc3)o2)c1. The Bertz CT molecular complexity index is 1190. The molecule has 8 nitrogen and oxygen atoms in total. The zero-order valence-corrected chi connectivity index (χ0v) is 18.0. The maximum Gasteiger partial charge on any atom is 0.338 e. The lowest BCUT2D eigenvalue weighted by Gasteiger charge is -2.07. The predicted octanol–water partition coefficient (Wildman–Crippen LogP) is 2.98. The monoisotopic (exact) mass is 462 g/mol. The number of carbonyl (C=O) groups excluding carboxylic acids is 2. The molecule has 3 aromatic rings. The van der Waals surface area contributed by atoms with Crippen molar-refractivity contribution in [3.63, 3.8) is 0 Å². The Morgan fingerprint density at radius 2 is 1.81 bits per heavy atom. The third-order valence-corrected chi connectivity index (χ3v) is 5.90. The number of halogens is 1. The zero-order chi connectivity index (χ0) is 22.4. The number of hydrogen-bond donors (Lipinski definition) is 2. The Balaban J connectivity index is 1.51. The highest BCUT2D eigenvalue weighted by atomic mass is 35.5. The first-order valence-electron chi connectivity index (χ1n) is 9.10. The standard InChI is InChI=1S/C21H19ClN2O6S/c1-23-31(27,28)18-4-2-3-15(11-18)21(26)29-13-20(25)24-12-17-9-10-19(30-17)14-5-7-16(22)8-6-14/h2-11,23H,12-13H2,1H3,(H,24,25). The van der Waals surface area contributed by atoms with E-state index in [4.69, 9.17) is 20.8 Å². The fourth-order valence-corrected chi connectivity index (χ4v) is 3.50. The summed E-state index contributed by atoms with van der Waals surface area (Å²) in [6.07, 6.45) is 0. The molecule has 0 aliphatic rings. The maximum absolute atomic E-state index is 12.1. The average Bonchev–Trinajstić information content (AvgIpc) is 3.25. The Kier molecular flexibility index (Phi) is 7.11. The molecule has 0 fully saturated rings. The van der Waals surface area contributed by atoms with Gasteiger partial charge in [-0.25, -0.2) is 17.9 Å². The van der Waals surface area contributed by atoms with Crippen molar-refractivity contribution in [3.05, 3.63) is 77.0 Å². The van der Waals surface area contributed by atoms with E-state index in [1.165, 1.54) is 31.3 Å². The van der Waals surface area contributed by atoms with Crippen LogP contribution in [0.25, 0.3) is 11.3 Å². The molecule has 1 amide bonds. The fraction of sp³-hybridized carbons (Fsp3) is 0.143. The first-order valence-corrected chi connectivity index (χ1v) is 11.0. The van der Waals surface area contributed by atoms with E-state index in [0.29, 0.717) is 16.5 Å². The minimum Gasteiger partial charge on any atom is -0.459 e. The minimum atomic E-state index is -3.70. The summed E-state index contributed by atoms with van der Waals surface area (Å²) in [5.74, 6) is -0.193. The van der Waals surface area contributed by atoms with E-state index >= 15 is 0 Å². The van der Waals surface area contributed by atoms with Crippen LogP contribution < -0.4 is 10.0 Å². The second kappa shape index (κ2) is 9.78. The number of amides is 1. The molecule has 2 aromatic carbocycles. The number of hydrogen-bond acceptors (Lipinski definition) is 6. The van der Waals surface area contributed by atoms with Crippen LogP contribution in [0.1, 0.15) is 16.1 Å². The molecule has 0 aliphatic carbocycles. The van der Waals surface area contributed by atoms with E-state index in [-0.39, 0.29) is 17.0 Å². The van der Waals surface area contributed by atoms with Crippen LogP contribution in [-0.2, 0) is 26.1 Å². The summed E-state index contributed by atoms with van der Waals surface area (Å²) in [4.78, 5) is 24.0. The summed E-state index contributed by atoms with van der Waals surface area (Å²) in [6.45, 7) is -0.410. The lowest BCUT2D eigenvalue weighted by Crippen LogP contribution is -2.28. The van der Waals surface area contributed by atoms with Crippen molar-refractivity contribution >= 4 is 33.5 Å². The van der Waals surface area contributed by atoms with Crippen molar-refractivity contribution in [3.8, 4) is 11.3 Å². The Morgan fingerprint density at radius 1 is 1.06 bits per heavy atom. The molecule has 1 heterocycles. The lowest BCUT2D eigenvalue weighted by molar-refractivity contribution is -0.124. The number of furan rings is 1. The first kappa shape index (κ1) is 22.5. The molecule has 1 aromatic heterocycles. The van der Waals surface area contributed by atoms with Gasteiger partial charge >= 0.3 is 5.97 Å². The smallest absolute Gasteiger partial charge is 0.338 e. The van der Waals surface area contributed by atoms with Crippen LogP contribution in [-0.4, -0.2) is 33.9 Å². The molecule has 162 valence electrons. The highest BCUT2D eigenvalue weighted by Crippen LogP contribution is 2.23. The van der Waals surface area contributed by atoms with E-state index < -0.39 is 28.5 Å². The summed E-state index contributed by atoms with van der Waals surface area (Å²) in [6, 6.07) is 16.0. The van der Waals surface area contributed by atoms with Crippen molar-refractivity contribution in [2.75, 3.05) is 13.7 Å². The van der Waals surface area contributed by atoms with Crippen LogP contribution in [0.2, 0.25) is 5.02 Å². The van der Waals surface area contributed by atoms with Crippen molar-refractivity contribution < 1.29 is 27.2 Å². The second-order valence-electron chi connectivity index (χ2n) is 6.36. The number of sulfonamides is 1. The van der Waals surface area contributed by atoms with Gasteiger partial charge in [-0.15, -0.1) is 0 Å². The van der Waals surface area contributed by atoms with Crippen LogP contribution >= 0.6 is 11.6 Å². The van der Waals surface area contributed by atoms with Crippen molar-refractivity contribution in [2.45, 2.75) is 11.4 Å². The highest BCUT2D eigenvalue weighted by Gasteiger charge is 2.16. The second-order valence-corrected chi connectivity index (χ2v) is 8.68. The predicted molar refractivity (Wildman–Crippen MR) is 114 cm³/mol. The third-order valence-electron chi connectivity index (χ3n) is 4.23. The highest BCUT2D eigenvalue weighted by molar-refractivity contribution is 7.89. The summed E-state index contributed by atoms with van der Waals surface area (Å²) in [5, 5.41) is 3.21. The summed E-state index contributed by atoms with van der Waals surface area (Å²) in [5.41, 5.74) is 0.862. The number of ether oxygens (including phenoxy) is 1. The van der Waals surface area contributed by atoms with Crippen LogP contribution in [0.5, 0.6) is 0 Å². The molecular weight excluding hydrogens is 444 g/mol. The van der Waals surface area contributed by atoms with Crippen molar-refractivity contribution in [1.82, 2.24) is 10.0 Å². The first-order chi connectivity index (χ1) is 14.8. The van der Waals surface area contributed by atoms with E-state index in [2.05, 4.69) is 10.0 Å². The van der Waals surface area contributed by atoms with Gasteiger partial charge in [0.15, 0.2) is 6.61 Å². The van der Waals surface area contributed by atoms with Gasteiger partial charge in [0.05, 0.1) is 17.0 Å². The van der Waals surface area contributed by atoms with Crippen LogP contribution in [0.4, 0.5) is 0 Å². The van der Waals surface area contributed by atoms with Crippen LogP contribution in [0, 0.1) is 0 Å². The topological polar surface area (TPSA) is 115 Å². The van der Waals surface area contributed by atoms with Gasteiger partial charge in [0.1, 0.15) is 11.5 Å². The molecule has 0 radical (unpaired) electrons. The lowest BCUT2D eigenvalue weighted by atomic mass is 10.2. The molecular formula is C21H19ClN2O6S. The van der Waals surface area contributed by atoms with Gasteiger partial charge in [0.25, 0.3) is 5.91 Å². The molecule has 0 atom stereocenters. The Labute approximate surface area is 184 Å². The number of benzene rings is 2. The molecule has 0 unspecified atom stereocenters. The molecule has 31 heavy (non-hydrogen) atoms. The van der Waals surface area contributed by atoms with Crippen LogP contribution in [0.15, 0.2) is 70.0 Å². The summed E-state index contributed by atoms with van der Waals surface area (Å²) < 4.78 is 36.5. The number of carbonyl (C=O) groups is 2. The van der Waals surface area contributed by atoms with E-state index in [1.54, 1.807) is 24.3 Å². The summed E-state index contributed by atoms with van der Waals surface area (Å²) >= 11 is 5.87. The molecule has 3 rings (SSSR count). The minimum absolute atomic E-state index is 0.0164. The van der Waals surface area contributed by atoms with Gasteiger partial charge < -0.3 is 14.5 Å². The van der Waals surface area contributed by atoms with Crippen molar-refractivity contribution in [1.29, 1.82) is 0 Å². The van der Waals surface area contributed by atoms with E-state index in [0.717, 1.165) is 5.56 Å². The zero-order valence-electron chi connectivity index (χ0n) is 16.4. The molecule has 0 saturated heterocycles. The van der Waals surface area contributed by atoms with Gasteiger partial charge in [0, 0.05) is 10.6 Å². The van der Waals surface area contributed by atoms with Gasteiger partial charge in [-0.3, -0.25) is 4.79 Å². The van der Waals surface area contributed by atoms with Crippen molar-refractivity contribution in [2.24, 2.45) is 0 Å².